The van der Waals surface area contributed by atoms with Gasteiger partial charge in [0, 0.05) is 22.3 Å². The van der Waals surface area contributed by atoms with Gasteiger partial charge in [0.2, 0.25) is 5.95 Å². The zero-order valence-corrected chi connectivity index (χ0v) is 11.1. The number of benzene rings is 2. The Labute approximate surface area is 116 Å². The molecule has 94 valence electrons. The van der Waals surface area contributed by atoms with Crippen LogP contribution in [0.15, 0.2) is 48.7 Å². The second kappa shape index (κ2) is 4.86. The first-order valence-corrected chi connectivity index (χ1v) is 6.35. The molecule has 0 amide bonds. The van der Waals surface area contributed by atoms with E-state index in [0.29, 0.717) is 5.95 Å². The van der Waals surface area contributed by atoms with Crippen molar-refractivity contribution in [1.29, 1.82) is 0 Å². The van der Waals surface area contributed by atoms with Crippen LogP contribution in [0.3, 0.4) is 0 Å². The Hall–Kier alpha value is -2.13. The maximum Gasteiger partial charge on any atom is 0.227 e. The number of halogens is 1. The number of para-hydroxylation sites is 1. The number of rotatable bonds is 2. The molecule has 2 aromatic carbocycles. The molecule has 0 saturated heterocycles. The van der Waals surface area contributed by atoms with Crippen molar-refractivity contribution in [3.8, 4) is 0 Å². The minimum Gasteiger partial charge on any atom is -0.324 e. The van der Waals surface area contributed by atoms with Crippen LogP contribution in [0.4, 0.5) is 11.6 Å². The van der Waals surface area contributed by atoms with Gasteiger partial charge in [-0.3, -0.25) is 0 Å². The molecule has 1 aromatic heterocycles. The van der Waals surface area contributed by atoms with Gasteiger partial charge >= 0.3 is 0 Å². The third-order valence-corrected chi connectivity index (χ3v) is 3.33. The number of aromatic nitrogens is 2. The smallest absolute Gasteiger partial charge is 0.227 e. The molecule has 1 N–H and O–H groups in total. The molecule has 0 aliphatic heterocycles. The van der Waals surface area contributed by atoms with Crippen molar-refractivity contribution in [3.63, 3.8) is 0 Å². The van der Waals surface area contributed by atoms with E-state index in [1.807, 2.05) is 55.6 Å². The Morgan fingerprint density at radius 3 is 2.79 bits per heavy atom. The second-order valence-corrected chi connectivity index (χ2v) is 4.75. The van der Waals surface area contributed by atoms with Crippen molar-refractivity contribution in [2.75, 3.05) is 5.32 Å². The highest BCUT2D eigenvalue weighted by Gasteiger charge is 2.02. The first-order valence-electron chi connectivity index (χ1n) is 5.97. The van der Waals surface area contributed by atoms with E-state index >= 15 is 0 Å². The quantitative estimate of drug-likeness (QED) is 0.752. The Kier molecular flexibility index (Phi) is 3.05. The van der Waals surface area contributed by atoms with Crippen molar-refractivity contribution in [1.82, 2.24) is 9.97 Å². The van der Waals surface area contributed by atoms with Crippen molar-refractivity contribution in [3.05, 3.63) is 59.2 Å². The third kappa shape index (κ3) is 2.51. The number of nitrogens with one attached hydrogen (secondary N) is 1. The van der Waals surface area contributed by atoms with Gasteiger partial charge in [-0.15, -0.1) is 0 Å². The van der Waals surface area contributed by atoms with Gasteiger partial charge in [0.1, 0.15) is 0 Å². The van der Waals surface area contributed by atoms with Gasteiger partial charge in [0.25, 0.3) is 0 Å². The highest BCUT2D eigenvalue weighted by Crippen LogP contribution is 2.22. The molecule has 0 saturated carbocycles. The Morgan fingerprint density at radius 2 is 1.95 bits per heavy atom. The van der Waals surface area contributed by atoms with Crippen LogP contribution in [0.25, 0.3) is 10.9 Å². The second-order valence-electron chi connectivity index (χ2n) is 4.34. The fourth-order valence-electron chi connectivity index (χ4n) is 1.88. The van der Waals surface area contributed by atoms with Crippen LogP contribution in [-0.4, -0.2) is 9.97 Å². The molecule has 0 radical (unpaired) electrons. The van der Waals surface area contributed by atoms with E-state index in [-0.39, 0.29) is 0 Å². The summed E-state index contributed by atoms with van der Waals surface area (Å²) in [5, 5.41) is 4.97. The summed E-state index contributed by atoms with van der Waals surface area (Å²) in [5.41, 5.74) is 2.87. The van der Waals surface area contributed by atoms with E-state index < -0.39 is 0 Å². The van der Waals surface area contributed by atoms with Crippen LogP contribution in [0.2, 0.25) is 5.02 Å². The maximum atomic E-state index is 6.00. The third-order valence-electron chi connectivity index (χ3n) is 2.90. The van der Waals surface area contributed by atoms with E-state index in [4.69, 9.17) is 11.6 Å². The molecule has 19 heavy (non-hydrogen) atoms. The highest BCUT2D eigenvalue weighted by atomic mass is 35.5. The molecule has 3 nitrogen and oxygen atoms in total. The van der Waals surface area contributed by atoms with Gasteiger partial charge in [0.15, 0.2) is 0 Å². The topological polar surface area (TPSA) is 37.8 Å². The number of hydrogen-bond acceptors (Lipinski definition) is 3. The Bertz CT molecular complexity index is 740. The predicted octanol–water partition coefficient (Wildman–Crippen LogP) is 4.34. The van der Waals surface area contributed by atoms with Crippen molar-refractivity contribution >= 4 is 34.1 Å². The standard InChI is InChI=1S/C15H12ClN3/c1-10-8-12(6-7-13(10)16)18-15-17-9-11-4-2-3-5-14(11)19-15/h2-9H,1H3,(H,17,18,19). The molecule has 0 spiro atoms. The monoisotopic (exact) mass is 269 g/mol. The summed E-state index contributed by atoms with van der Waals surface area (Å²) in [6, 6.07) is 13.6. The number of hydrogen-bond donors (Lipinski definition) is 1. The summed E-state index contributed by atoms with van der Waals surface area (Å²) in [7, 11) is 0. The molecule has 0 aliphatic rings. The Morgan fingerprint density at radius 1 is 1.11 bits per heavy atom. The summed E-state index contributed by atoms with van der Waals surface area (Å²) in [4.78, 5) is 8.77. The van der Waals surface area contributed by atoms with Gasteiger partial charge in [-0.2, -0.15) is 0 Å². The highest BCUT2D eigenvalue weighted by molar-refractivity contribution is 6.31. The van der Waals surface area contributed by atoms with Gasteiger partial charge in [-0.05, 0) is 36.8 Å². The van der Waals surface area contributed by atoms with E-state index in [1.165, 1.54) is 0 Å². The minimum absolute atomic E-state index is 0.584. The summed E-state index contributed by atoms with van der Waals surface area (Å²) in [6.07, 6.45) is 1.81. The molecule has 0 unspecified atom stereocenters. The normalized spacial score (nSPS) is 10.6. The van der Waals surface area contributed by atoms with Gasteiger partial charge in [-0.25, -0.2) is 9.97 Å². The lowest BCUT2D eigenvalue weighted by Gasteiger charge is -2.07. The average Bonchev–Trinajstić information content (AvgIpc) is 2.43. The largest absolute Gasteiger partial charge is 0.324 e. The van der Waals surface area contributed by atoms with Crippen LogP contribution in [0.1, 0.15) is 5.56 Å². The lowest BCUT2D eigenvalue weighted by atomic mass is 10.2. The van der Waals surface area contributed by atoms with Crippen molar-refractivity contribution < 1.29 is 0 Å². The van der Waals surface area contributed by atoms with Crippen LogP contribution < -0.4 is 5.32 Å². The molecule has 0 atom stereocenters. The zero-order valence-electron chi connectivity index (χ0n) is 10.4. The summed E-state index contributed by atoms with van der Waals surface area (Å²) in [6.45, 7) is 1.97. The van der Waals surface area contributed by atoms with Crippen LogP contribution in [0.5, 0.6) is 0 Å². The SMILES string of the molecule is Cc1cc(Nc2ncc3ccccc3n2)ccc1Cl. The van der Waals surface area contributed by atoms with Crippen LogP contribution >= 0.6 is 11.6 Å². The van der Waals surface area contributed by atoms with Crippen LogP contribution in [0, 0.1) is 6.92 Å². The first-order chi connectivity index (χ1) is 9.22. The number of fused-ring (bicyclic) bond motifs is 1. The minimum atomic E-state index is 0.584. The average molecular weight is 270 g/mol. The molecule has 0 aliphatic carbocycles. The molecule has 0 bridgehead atoms. The fourth-order valence-corrected chi connectivity index (χ4v) is 2.00. The van der Waals surface area contributed by atoms with Crippen LogP contribution in [-0.2, 0) is 0 Å². The molecular weight excluding hydrogens is 258 g/mol. The molecule has 0 fully saturated rings. The Balaban J connectivity index is 1.94. The summed E-state index contributed by atoms with van der Waals surface area (Å²) < 4.78 is 0. The first kappa shape index (κ1) is 11.9. The van der Waals surface area contributed by atoms with E-state index in [9.17, 15) is 0 Å². The van der Waals surface area contributed by atoms with Gasteiger partial charge < -0.3 is 5.32 Å². The fraction of sp³-hybridized carbons (Fsp3) is 0.0667. The molecule has 3 rings (SSSR count). The molecule has 3 aromatic rings. The summed E-state index contributed by atoms with van der Waals surface area (Å²) >= 11 is 6.00. The van der Waals surface area contributed by atoms with E-state index in [0.717, 1.165) is 27.2 Å². The molecule has 1 heterocycles. The number of anilines is 2. The number of aryl methyl sites for hydroxylation is 1. The van der Waals surface area contributed by atoms with Gasteiger partial charge in [0.05, 0.1) is 5.52 Å². The molecular formula is C15H12ClN3. The lowest BCUT2D eigenvalue weighted by Crippen LogP contribution is -1.97. The lowest BCUT2D eigenvalue weighted by molar-refractivity contribution is 1.21. The van der Waals surface area contributed by atoms with Crippen molar-refractivity contribution in [2.24, 2.45) is 0 Å². The van der Waals surface area contributed by atoms with E-state index in [2.05, 4.69) is 15.3 Å². The number of nitrogens with zero attached hydrogens (tertiary/aromatic N) is 2. The van der Waals surface area contributed by atoms with Gasteiger partial charge in [-0.1, -0.05) is 29.8 Å². The zero-order chi connectivity index (χ0) is 13.2. The van der Waals surface area contributed by atoms with Crippen molar-refractivity contribution in [2.45, 2.75) is 6.92 Å². The molecule has 4 heteroatoms. The van der Waals surface area contributed by atoms with E-state index in [1.54, 1.807) is 0 Å². The summed E-state index contributed by atoms with van der Waals surface area (Å²) in [5.74, 6) is 0.584. The maximum absolute atomic E-state index is 6.00. The predicted molar refractivity (Wildman–Crippen MR) is 79.0 cm³/mol.